The van der Waals surface area contributed by atoms with Crippen molar-refractivity contribution >= 4 is 5.69 Å². The SMILES string of the molecule is COC1C=C(O)C2C3C4CCC5(CCC(Cc6cccc(NCC(C)O)c6)C5)C3(C)C(C)(C4)C12O. The number of methoxy groups -OCH3 is 1. The highest BCUT2D eigenvalue weighted by Crippen LogP contribution is 2.86. The van der Waals surface area contributed by atoms with Crippen LogP contribution in [0.5, 0.6) is 0 Å². The van der Waals surface area contributed by atoms with Crippen molar-refractivity contribution in [1.82, 2.24) is 0 Å². The van der Waals surface area contributed by atoms with E-state index >= 15 is 0 Å². The summed E-state index contributed by atoms with van der Waals surface area (Å²) in [7, 11) is 1.67. The lowest BCUT2D eigenvalue weighted by Gasteiger charge is -2.56. The van der Waals surface area contributed by atoms with E-state index in [4.69, 9.17) is 4.74 Å². The van der Waals surface area contributed by atoms with Crippen LogP contribution in [0, 0.1) is 39.9 Å². The number of rotatable bonds is 6. The Morgan fingerprint density at radius 2 is 1.94 bits per heavy atom. The maximum absolute atomic E-state index is 12.3. The number of nitrogens with one attached hydrogen (secondary N) is 1. The summed E-state index contributed by atoms with van der Waals surface area (Å²) in [5, 5.41) is 36.3. The molecule has 4 N–H and O–H groups in total. The van der Waals surface area contributed by atoms with Crippen LogP contribution in [0.3, 0.4) is 0 Å². The average molecular weight is 482 g/mol. The highest BCUT2D eigenvalue weighted by molar-refractivity contribution is 5.46. The summed E-state index contributed by atoms with van der Waals surface area (Å²) in [6, 6.07) is 8.67. The van der Waals surface area contributed by atoms with Gasteiger partial charge < -0.3 is 25.4 Å². The molecule has 5 heteroatoms. The maximum atomic E-state index is 12.3. The van der Waals surface area contributed by atoms with Crippen LogP contribution in [0.4, 0.5) is 5.69 Å². The molecular formula is C30H43NO4. The van der Waals surface area contributed by atoms with E-state index < -0.39 is 11.7 Å². The van der Waals surface area contributed by atoms with Gasteiger partial charge >= 0.3 is 0 Å². The first kappa shape index (κ1) is 23.8. The van der Waals surface area contributed by atoms with Crippen molar-refractivity contribution < 1.29 is 20.1 Å². The van der Waals surface area contributed by atoms with Crippen molar-refractivity contribution in [1.29, 1.82) is 0 Å². The van der Waals surface area contributed by atoms with Crippen molar-refractivity contribution in [2.45, 2.75) is 83.5 Å². The topological polar surface area (TPSA) is 82.0 Å². The fourth-order valence-corrected chi connectivity index (χ4v) is 10.5. The van der Waals surface area contributed by atoms with E-state index in [1.165, 1.54) is 37.7 Å². The zero-order chi connectivity index (χ0) is 24.8. The van der Waals surface area contributed by atoms with Crippen LogP contribution in [0.2, 0.25) is 0 Å². The molecule has 6 rings (SSSR count). The van der Waals surface area contributed by atoms with Gasteiger partial charge in [-0.1, -0.05) is 26.0 Å². The Bertz CT molecular complexity index is 1040. The second kappa shape index (κ2) is 7.72. The largest absolute Gasteiger partial charge is 0.512 e. The molecule has 10 atom stereocenters. The van der Waals surface area contributed by atoms with Gasteiger partial charge in [-0.2, -0.15) is 0 Å². The third-order valence-electron chi connectivity index (χ3n) is 11.9. The lowest BCUT2D eigenvalue weighted by molar-refractivity contribution is -0.181. The first-order valence-electron chi connectivity index (χ1n) is 13.8. The third kappa shape index (κ3) is 2.86. The van der Waals surface area contributed by atoms with Crippen LogP contribution in [0.15, 0.2) is 36.1 Å². The second-order valence-electron chi connectivity index (χ2n) is 13.1. The van der Waals surface area contributed by atoms with Crippen LogP contribution in [0.25, 0.3) is 0 Å². The predicted octanol–water partition coefficient (Wildman–Crippen LogP) is 5.08. The molecule has 5 nitrogen and oxygen atoms in total. The normalized spacial score (nSPS) is 48.3. The summed E-state index contributed by atoms with van der Waals surface area (Å²) in [5.41, 5.74) is 1.37. The molecule has 192 valence electrons. The smallest absolute Gasteiger partial charge is 0.110 e. The molecule has 0 amide bonds. The number of hydrogen-bond donors (Lipinski definition) is 4. The van der Waals surface area contributed by atoms with Crippen molar-refractivity contribution in [3.63, 3.8) is 0 Å². The van der Waals surface area contributed by atoms with Crippen molar-refractivity contribution in [3.05, 3.63) is 41.7 Å². The molecular weight excluding hydrogens is 438 g/mol. The number of anilines is 1. The highest BCUT2D eigenvalue weighted by atomic mass is 16.5. The van der Waals surface area contributed by atoms with Gasteiger partial charge in [0.1, 0.15) is 11.7 Å². The van der Waals surface area contributed by atoms with E-state index in [1.807, 2.05) is 0 Å². The lowest BCUT2D eigenvalue weighted by atomic mass is 9.48. The Morgan fingerprint density at radius 3 is 2.69 bits per heavy atom. The number of aliphatic hydroxyl groups excluding tert-OH is 2. The molecule has 1 spiro atoms. The van der Waals surface area contributed by atoms with Gasteiger partial charge in [-0.25, -0.2) is 0 Å². The van der Waals surface area contributed by atoms with Gasteiger partial charge in [0.25, 0.3) is 0 Å². The molecule has 0 aromatic heterocycles. The van der Waals surface area contributed by atoms with E-state index in [1.54, 1.807) is 20.1 Å². The lowest BCUT2D eigenvalue weighted by Crippen LogP contribution is -2.59. The summed E-state index contributed by atoms with van der Waals surface area (Å²) in [6.45, 7) is 7.17. The molecule has 5 aliphatic carbocycles. The third-order valence-corrected chi connectivity index (χ3v) is 11.9. The zero-order valence-electron chi connectivity index (χ0n) is 21.8. The molecule has 1 aromatic rings. The van der Waals surface area contributed by atoms with E-state index in [0.29, 0.717) is 30.1 Å². The highest BCUT2D eigenvalue weighted by Gasteiger charge is 2.86. The van der Waals surface area contributed by atoms with Gasteiger partial charge in [0, 0.05) is 24.8 Å². The Hall–Kier alpha value is -1.56. The summed E-state index contributed by atoms with van der Waals surface area (Å²) >= 11 is 0. The standard InChI is InChI=1S/C30H43NO4/c1-18(32)17-31-22-7-5-6-19(13-22)12-20-8-10-29(15-20)11-9-21-16-27(2)28(29,3)25(21)26-23(33)14-24(35-4)30(26,27)34/h5-7,13-14,18,20-21,24-26,31-34H,8-12,15-17H2,1-4H3. The molecule has 1 aromatic carbocycles. The molecule has 4 fully saturated rings. The Balaban J connectivity index is 1.28. The number of benzene rings is 1. The minimum Gasteiger partial charge on any atom is -0.512 e. The van der Waals surface area contributed by atoms with Crippen molar-refractivity contribution in [2.24, 2.45) is 39.9 Å². The van der Waals surface area contributed by atoms with Gasteiger partial charge in [0.15, 0.2) is 0 Å². The molecule has 0 radical (unpaired) electrons. The fraction of sp³-hybridized carbons (Fsp3) is 0.733. The van der Waals surface area contributed by atoms with Gasteiger partial charge in [-0.05, 0) is 104 Å². The molecule has 35 heavy (non-hydrogen) atoms. The number of hydrogen-bond acceptors (Lipinski definition) is 5. The fourth-order valence-electron chi connectivity index (χ4n) is 10.5. The van der Waals surface area contributed by atoms with Crippen LogP contribution in [-0.2, 0) is 11.2 Å². The first-order chi connectivity index (χ1) is 16.6. The predicted molar refractivity (Wildman–Crippen MR) is 137 cm³/mol. The van der Waals surface area contributed by atoms with Gasteiger partial charge in [-0.3, -0.25) is 0 Å². The number of ether oxygens (including phenoxy) is 1. The number of aliphatic hydroxyl groups is 3. The minimum absolute atomic E-state index is 0.00320. The molecule has 5 aliphatic rings. The molecule has 0 heterocycles. The zero-order valence-corrected chi connectivity index (χ0v) is 21.8. The van der Waals surface area contributed by atoms with Crippen LogP contribution in [0.1, 0.15) is 64.9 Å². The van der Waals surface area contributed by atoms with E-state index in [2.05, 4.69) is 43.4 Å². The monoisotopic (exact) mass is 481 g/mol. The van der Waals surface area contributed by atoms with Gasteiger partial charge in [-0.15, -0.1) is 0 Å². The van der Waals surface area contributed by atoms with Crippen LogP contribution in [-0.4, -0.2) is 46.8 Å². The number of fused-ring (bicyclic) bond motifs is 2. The van der Waals surface area contributed by atoms with E-state index in [-0.39, 0.29) is 28.3 Å². The van der Waals surface area contributed by atoms with Crippen LogP contribution < -0.4 is 5.32 Å². The van der Waals surface area contributed by atoms with Crippen LogP contribution >= 0.6 is 0 Å². The van der Waals surface area contributed by atoms with E-state index in [9.17, 15) is 15.3 Å². The van der Waals surface area contributed by atoms with Gasteiger partial charge in [0.2, 0.25) is 0 Å². The molecule has 4 bridgehead atoms. The Kier molecular flexibility index (Phi) is 5.25. The molecule has 0 saturated heterocycles. The summed E-state index contributed by atoms with van der Waals surface area (Å²) < 4.78 is 5.80. The molecule has 0 aliphatic heterocycles. The minimum atomic E-state index is -1.01. The maximum Gasteiger partial charge on any atom is 0.110 e. The quantitative estimate of drug-likeness (QED) is 0.455. The summed E-state index contributed by atoms with van der Waals surface area (Å²) in [5.74, 6) is 1.74. The van der Waals surface area contributed by atoms with Gasteiger partial charge in [0.05, 0.1) is 17.8 Å². The molecule has 10 unspecified atom stereocenters. The first-order valence-corrected chi connectivity index (χ1v) is 13.8. The summed E-state index contributed by atoms with van der Waals surface area (Å²) in [4.78, 5) is 0. The van der Waals surface area contributed by atoms with E-state index in [0.717, 1.165) is 18.5 Å². The summed E-state index contributed by atoms with van der Waals surface area (Å²) in [6.07, 6.45) is 9.25. The Morgan fingerprint density at radius 1 is 1.17 bits per heavy atom. The van der Waals surface area contributed by atoms with Crippen molar-refractivity contribution in [3.8, 4) is 0 Å². The average Bonchev–Trinajstić information content (AvgIpc) is 3.44. The Labute approximate surface area is 210 Å². The molecule has 4 saturated carbocycles. The second-order valence-corrected chi connectivity index (χ2v) is 13.1. The van der Waals surface area contributed by atoms with Crippen molar-refractivity contribution in [2.75, 3.05) is 19.0 Å².